The lowest BCUT2D eigenvalue weighted by Crippen LogP contribution is -2.42. The summed E-state index contributed by atoms with van der Waals surface area (Å²) < 4.78 is 11.2. The van der Waals surface area contributed by atoms with Crippen molar-refractivity contribution in [3.63, 3.8) is 0 Å². The predicted molar refractivity (Wildman–Crippen MR) is 126 cm³/mol. The fraction of sp³-hybridized carbons (Fsp3) is 0.500. The molecule has 2 saturated carbocycles. The molecule has 5 rings (SSSR count). The summed E-state index contributed by atoms with van der Waals surface area (Å²) in [6, 6.07) is 14.8. The molecular formula is C26H33N3O3. The number of ether oxygens (including phenoxy) is 2. The van der Waals surface area contributed by atoms with Gasteiger partial charge in [0.1, 0.15) is 11.9 Å². The van der Waals surface area contributed by atoms with E-state index in [-0.39, 0.29) is 24.3 Å². The highest BCUT2D eigenvalue weighted by Gasteiger charge is 2.42. The number of benzene rings is 2. The zero-order valence-corrected chi connectivity index (χ0v) is 18.9. The molecule has 2 unspecified atom stereocenters. The van der Waals surface area contributed by atoms with Crippen molar-refractivity contribution < 1.29 is 14.3 Å². The van der Waals surface area contributed by atoms with Gasteiger partial charge in [0.05, 0.1) is 18.7 Å². The second kappa shape index (κ2) is 8.66. The summed E-state index contributed by atoms with van der Waals surface area (Å²) in [7, 11) is 0. The van der Waals surface area contributed by atoms with E-state index in [1.165, 1.54) is 24.9 Å². The van der Waals surface area contributed by atoms with Gasteiger partial charge in [-0.05, 0) is 93.3 Å². The van der Waals surface area contributed by atoms with Crippen molar-refractivity contribution in [1.29, 1.82) is 0 Å². The van der Waals surface area contributed by atoms with Crippen LogP contribution in [0.5, 0.6) is 5.75 Å². The summed E-state index contributed by atoms with van der Waals surface area (Å²) in [5, 5.41) is 2.86. The van der Waals surface area contributed by atoms with Gasteiger partial charge >= 0.3 is 6.09 Å². The number of nitrogens with one attached hydrogen (secondary N) is 1. The van der Waals surface area contributed by atoms with Gasteiger partial charge in [-0.3, -0.25) is 5.32 Å². The van der Waals surface area contributed by atoms with Gasteiger partial charge in [-0.2, -0.15) is 0 Å². The highest BCUT2D eigenvalue weighted by Crippen LogP contribution is 2.51. The van der Waals surface area contributed by atoms with Gasteiger partial charge in [-0.1, -0.05) is 12.1 Å². The molecular weight excluding hydrogens is 402 g/mol. The summed E-state index contributed by atoms with van der Waals surface area (Å²) in [6.07, 6.45) is 5.54. The van der Waals surface area contributed by atoms with E-state index in [2.05, 4.69) is 34.5 Å². The lowest BCUT2D eigenvalue weighted by Gasteiger charge is -2.41. The van der Waals surface area contributed by atoms with Gasteiger partial charge in [0, 0.05) is 17.4 Å². The van der Waals surface area contributed by atoms with Crippen LogP contribution in [0.15, 0.2) is 42.5 Å². The molecule has 2 aliphatic carbocycles. The summed E-state index contributed by atoms with van der Waals surface area (Å²) in [6.45, 7) is 4.60. The summed E-state index contributed by atoms with van der Waals surface area (Å²) in [5.41, 5.74) is 11.1. The van der Waals surface area contributed by atoms with E-state index in [1.807, 2.05) is 32.0 Å². The van der Waals surface area contributed by atoms with Crippen LogP contribution < -0.4 is 20.7 Å². The third kappa shape index (κ3) is 4.04. The number of rotatable bonds is 7. The Morgan fingerprint density at radius 3 is 2.53 bits per heavy atom. The molecule has 170 valence electrons. The Balaban J connectivity index is 1.34. The quantitative estimate of drug-likeness (QED) is 0.597. The maximum atomic E-state index is 12.2. The Morgan fingerprint density at radius 1 is 1.16 bits per heavy atom. The summed E-state index contributed by atoms with van der Waals surface area (Å²) in [5.74, 6) is 1.39. The second-order valence-electron chi connectivity index (χ2n) is 9.31. The second-order valence-corrected chi connectivity index (χ2v) is 9.31. The minimum Gasteiger partial charge on any atom is -0.494 e. The molecule has 1 aliphatic heterocycles. The molecule has 32 heavy (non-hydrogen) atoms. The van der Waals surface area contributed by atoms with Gasteiger partial charge in [0.2, 0.25) is 0 Å². The van der Waals surface area contributed by atoms with E-state index in [0.717, 1.165) is 35.4 Å². The molecule has 0 radical (unpaired) electrons. The highest BCUT2D eigenvalue weighted by atomic mass is 16.6. The molecule has 1 amide bonds. The number of carbonyl (C=O) groups excluding carboxylic acids is 1. The van der Waals surface area contributed by atoms with Crippen LogP contribution in [0.3, 0.4) is 0 Å². The van der Waals surface area contributed by atoms with Crippen LogP contribution in [0.4, 0.5) is 16.2 Å². The molecule has 3 atom stereocenters. The Kier molecular flexibility index (Phi) is 5.72. The molecule has 0 saturated heterocycles. The molecule has 2 aromatic rings. The number of hydrogen-bond acceptors (Lipinski definition) is 5. The minimum absolute atomic E-state index is 0.0260. The lowest BCUT2D eigenvalue weighted by molar-refractivity contribution is 0.108. The topological polar surface area (TPSA) is 76.8 Å². The van der Waals surface area contributed by atoms with Crippen LogP contribution in [0.1, 0.15) is 69.2 Å². The van der Waals surface area contributed by atoms with Crippen molar-refractivity contribution in [3.8, 4) is 5.75 Å². The SMILES string of the molecule is CCOc1ccc2c(c1)C(N)C(c1ccc(NC(=O)O[C@H](C)C3CC3)cc1)N2C1CCC1. The van der Waals surface area contributed by atoms with Crippen LogP contribution >= 0.6 is 0 Å². The lowest BCUT2D eigenvalue weighted by atomic mass is 9.89. The first-order valence-electron chi connectivity index (χ1n) is 11.9. The predicted octanol–water partition coefficient (Wildman–Crippen LogP) is 5.55. The minimum atomic E-state index is -0.387. The fourth-order valence-electron chi connectivity index (χ4n) is 4.98. The molecule has 0 bridgehead atoms. The standard InChI is InChI=1S/C26H33N3O3/c1-3-31-21-13-14-23-22(15-21)24(27)25(29(23)20-5-4-6-20)18-9-11-19(12-10-18)28-26(30)32-16(2)17-7-8-17/h9-17,20,24-25H,3-8,27H2,1-2H3,(H,28,30)/t16-,24?,25?/m1/s1. The maximum absolute atomic E-state index is 12.2. The Morgan fingerprint density at radius 2 is 1.91 bits per heavy atom. The molecule has 3 N–H and O–H groups in total. The average Bonchev–Trinajstić information content (AvgIpc) is 3.55. The zero-order chi connectivity index (χ0) is 22.2. The van der Waals surface area contributed by atoms with Crippen molar-refractivity contribution in [2.45, 2.75) is 70.2 Å². The highest BCUT2D eigenvalue weighted by molar-refractivity contribution is 5.84. The van der Waals surface area contributed by atoms with Gasteiger partial charge in [-0.25, -0.2) is 4.79 Å². The number of nitrogens with two attached hydrogens (primary N) is 1. The molecule has 2 aromatic carbocycles. The Hall–Kier alpha value is -2.73. The molecule has 1 heterocycles. The van der Waals surface area contributed by atoms with Crippen molar-refractivity contribution in [2.24, 2.45) is 11.7 Å². The van der Waals surface area contributed by atoms with E-state index in [4.69, 9.17) is 15.2 Å². The molecule has 0 aromatic heterocycles. The van der Waals surface area contributed by atoms with Crippen LogP contribution in [-0.4, -0.2) is 24.8 Å². The van der Waals surface area contributed by atoms with Crippen LogP contribution in [-0.2, 0) is 4.74 Å². The van der Waals surface area contributed by atoms with Gasteiger partial charge in [-0.15, -0.1) is 0 Å². The third-order valence-corrected chi connectivity index (χ3v) is 7.13. The number of nitrogens with zero attached hydrogens (tertiary/aromatic N) is 1. The number of carbonyl (C=O) groups is 1. The molecule has 0 spiro atoms. The van der Waals surface area contributed by atoms with Crippen LogP contribution in [0, 0.1) is 5.92 Å². The monoisotopic (exact) mass is 435 g/mol. The Bertz CT molecular complexity index is 969. The normalized spacial score (nSPS) is 23.3. The summed E-state index contributed by atoms with van der Waals surface area (Å²) >= 11 is 0. The molecule has 2 fully saturated rings. The van der Waals surface area contributed by atoms with Gasteiger partial charge < -0.3 is 20.1 Å². The largest absolute Gasteiger partial charge is 0.494 e. The smallest absolute Gasteiger partial charge is 0.411 e. The van der Waals surface area contributed by atoms with Gasteiger partial charge in [0.25, 0.3) is 0 Å². The summed E-state index contributed by atoms with van der Waals surface area (Å²) in [4.78, 5) is 14.7. The van der Waals surface area contributed by atoms with Crippen molar-refractivity contribution >= 4 is 17.5 Å². The van der Waals surface area contributed by atoms with E-state index in [9.17, 15) is 4.79 Å². The van der Waals surface area contributed by atoms with E-state index in [0.29, 0.717) is 18.6 Å². The third-order valence-electron chi connectivity index (χ3n) is 7.13. The molecule has 3 aliphatic rings. The molecule has 6 heteroatoms. The zero-order valence-electron chi connectivity index (χ0n) is 18.9. The average molecular weight is 436 g/mol. The van der Waals surface area contributed by atoms with Crippen LogP contribution in [0.2, 0.25) is 0 Å². The van der Waals surface area contributed by atoms with E-state index < -0.39 is 0 Å². The first kappa shape index (κ1) is 21.1. The van der Waals surface area contributed by atoms with Crippen molar-refractivity contribution in [2.75, 3.05) is 16.8 Å². The first-order chi connectivity index (χ1) is 15.5. The Labute approximate surface area is 190 Å². The number of hydrogen-bond donors (Lipinski definition) is 2. The number of fused-ring (bicyclic) bond motifs is 1. The van der Waals surface area contributed by atoms with Gasteiger partial charge in [0.15, 0.2) is 0 Å². The van der Waals surface area contributed by atoms with Crippen molar-refractivity contribution in [1.82, 2.24) is 0 Å². The number of anilines is 2. The molecule has 6 nitrogen and oxygen atoms in total. The van der Waals surface area contributed by atoms with E-state index >= 15 is 0 Å². The number of amides is 1. The maximum Gasteiger partial charge on any atom is 0.411 e. The van der Waals surface area contributed by atoms with Crippen molar-refractivity contribution in [3.05, 3.63) is 53.6 Å². The fourth-order valence-corrected chi connectivity index (χ4v) is 4.98. The van der Waals surface area contributed by atoms with E-state index in [1.54, 1.807) is 0 Å². The first-order valence-corrected chi connectivity index (χ1v) is 11.9. The van der Waals surface area contributed by atoms with Crippen LogP contribution in [0.25, 0.3) is 0 Å².